The first-order valence-corrected chi connectivity index (χ1v) is 9.93. The number of halogens is 1. The molecule has 2 N–H and O–H groups in total. The Bertz CT molecular complexity index is 914. The molecule has 2 fully saturated rings. The summed E-state index contributed by atoms with van der Waals surface area (Å²) in [5, 5.41) is 5.79. The van der Waals surface area contributed by atoms with E-state index in [0.717, 1.165) is 32.2 Å². The largest absolute Gasteiger partial charge is 0.349 e. The number of hydrogen-bond acceptors (Lipinski definition) is 5. The molecule has 0 radical (unpaired) electrons. The van der Waals surface area contributed by atoms with Crippen LogP contribution in [0.4, 0.5) is 10.1 Å². The maximum absolute atomic E-state index is 13.0. The Kier molecular flexibility index (Phi) is 5.53. The first-order valence-electron chi connectivity index (χ1n) is 9.93. The minimum absolute atomic E-state index is 0.115. The minimum atomic E-state index is -0.348. The normalized spacial score (nSPS) is 19.2. The summed E-state index contributed by atoms with van der Waals surface area (Å²) in [5.74, 6) is -0.0762. The highest BCUT2D eigenvalue weighted by atomic mass is 19.1. The molecule has 0 bridgehead atoms. The third-order valence-corrected chi connectivity index (χ3v) is 5.25. The van der Waals surface area contributed by atoms with E-state index in [1.807, 2.05) is 4.90 Å². The van der Waals surface area contributed by atoms with Crippen molar-refractivity contribution >= 4 is 17.5 Å². The van der Waals surface area contributed by atoms with Gasteiger partial charge in [0.15, 0.2) is 0 Å². The molecule has 1 saturated heterocycles. The first-order chi connectivity index (χ1) is 14.0. The summed E-state index contributed by atoms with van der Waals surface area (Å²) in [4.78, 5) is 36.0. The maximum Gasteiger partial charge on any atom is 0.254 e. The van der Waals surface area contributed by atoms with Crippen molar-refractivity contribution in [3.8, 4) is 0 Å². The second-order valence-electron chi connectivity index (χ2n) is 7.65. The minimum Gasteiger partial charge on any atom is -0.349 e. The molecular weight excluding hydrogens is 373 g/mol. The molecule has 1 saturated carbocycles. The lowest BCUT2D eigenvalue weighted by Gasteiger charge is -2.25. The summed E-state index contributed by atoms with van der Waals surface area (Å²) in [5.41, 5.74) is 1.72. The quantitative estimate of drug-likeness (QED) is 0.782. The van der Waals surface area contributed by atoms with Gasteiger partial charge in [0.2, 0.25) is 5.91 Å². The van der Waals surface area contributed by atoms with E-state index in [9.17, 15) is 14.0 Å². The van der Waals surface area contributed by atoms with E-state index in [2.05, 4.69) is 20.6 Å². The van der Waals surface area contributed by atoms with E-state index in [-0.39, 0.29) is 36.3 Å². The van der Waals surface area contributed by atoms with Crippen LogP contribution in [0, 0.1) is 12.7 Å². The van der Waals surface area contributed by atoms with Crippen LogP contribution in [0.3, 0.4) is 0 Å². The lowest BCUT2D eigenvalue weighted by Crippen LogP contribution is -2.35. The molecule has 1 aliphatic heterocycles. The van der Waals surface area contributed by atoms with Gasteiger partial charge in [0.25, 0.3) is 5.91 Å². The number of hydrogen-bond donors (Lipinski definition) is 2. The molecule has 0 unspecified atom stereocenters. The topological polar surface area (TPSA) is 87.2 Å². The summed E-state index contributed by atoms with van der Waals surface area (Å²) in [6.45, 7) is 2.72. The van der Waals surface area contributed by atoms with Gasteiger partial charge in [-0.1, -0.05) is 0 Å². The van der Waals surface area contributed by atoms with Crippen LogP contribution in [0.1, 0.15) is 53.6 Å². The van der Waals surface area contributed by atoms with Gasteiger partial charge in [0, 0.05) is 17.9 Å². The number of carbonyl (C=O) groups excluding carboxylic acids is 2. The summed E-state index contributed by atoms with van der Waals surface area (Å²) in [6, 6.07) is 5.81. The first kappa shape index (κ1) is 19.4. The summed E-state index contributed by atoms with van der Waals surface area (Å²) in [6.07, 6.45) is 5.34. The highest BCUT2D eigenvalue weighted by Crippen LogP contribution is 2.33. The van der Waals surface area contributed by atoms with E-state index < -0.39 is 0 Å². The maximum atomic E-state index is 13.0. The number of benzene rings is 1. The van der Waals surface area contributed by atoms with Gasteiger partial charge in [-0.25, -0.2) is 14.4 Å². The highest BCUT2D eigenvalue weighted by Gasteiger charge is 2.33. The van der Waals surface area contributed by atoms with Gasteiger partial charge in [-0.05, 0) is 63.4 Å². The third kappa shape index (κ3) is 4.76. The number of rotatable bonds is 6. The van der Waals surface area contributed by atoms with Crippen LogP contribution in [0.2, 0.25) is 0 Å². The fourth-order valence-electron chi connectivity index (χ4n) is 3.65. The number of nitrogens with zero attached hydrogens (tertiary/aromatic N) is 3. The van der Waals surface area contributed by atoms with Crippen molar-refractivity contribution in [3.05, 3.63) is 53.4 Å². The zero-order valence-electron chi connectivity index (χ0n) is 16.3. The summed E-state index contributed by atoms with van der Waals surface area (Å²) in [7, 11) is 0. The highest BCUT2D eigenvalue weighted by molar-refractivity contribution is 5.95. The van der Waals surface area contributed by atoms with E-state index in [1.54, 1.807) is 13.1 Å². The molecule has 1 aliphatic carbocycles. The number of aryl methyl sites for hydroxylation is 1. The predicted octanol–water partition coefficient (Wildman–Crippen LogP) is 2.59. The molecule has 2 amide bonds. The number of carbonyl (C=O) groups is 2. The monoisotopic (exact) mass is 397 g/mol. The molecule has 1 aromatic heterocycles. The average molecular weight is 397 g/mol. The van der Waals surface area contributed by atoms with E-state index in [1.165, 1.54) is 24.3 Å². The number of likely N-dealkylation sites (tertiary alicyclic amines) is 1. The zero-order valence-corrected chi connectivity index (χ0v) is 16.3. The van der Waals surface area contributed by atoms with Crippen molar-refractivity contribution in [1.29, 1.82) is 0 Å². The Labute approximate surface area is 168 Å². The molecule has 0 spiro atoms. The van der Waals surface area contributed by atoms with Gasteiger partial charge >= 0.3 is 0 Å². The lowest BCUT2D eigenvalue weighted by atomic mass is 10.1. The van der Waals surface area contributed by atoms with Crippen molar-refractivity contribution in [2.45, 2.75) is 44.7 Å². The van der Waals surface area contributed by atoms with Gasteiger partial charge in [0.1, 0.15) is 11.6 Å². The van der Waals surface area contributed by atoms with Crippen LogP contribution in [0.25, 0.3) is 0 Å². The zero-order chi connectivity index (χ0) is 20.4. The molecule has 7 nitrogen and oxygen atoms in total. The van der Waals surface area contributed by atoms with Crippen molar-refractivity contribution in [1.82, 2.24) is 20.2 Å². The SMILES string of the molecule is Cc1ncc(C(=O)NC2CC2)c([C@H]2CCCN2CC(=O)Nc2ccc(F)cc2)n1. The second-order valence-corrected chi connectivity index (χ2v) is 7.65. The molecule has 2 aromatic rings. The molecule has 1 aromatic carbocycles. The molecule has 2 heterocycles. The van der Waals surface area contributed by atoms with Gasteiger partial charge in [-0.3, -0.25) is 14.5 Å². The lowest BCUT2D eigenvalue weighted by molar-refractivity contribution is -0.117. The molecular formula is C21H24FN5O2. The molecule has 152 valence electrons. The number of nitrogens with one attached hydrogen (secondary N) is 2. The fraction of sp³-hybridized carbons (Fsp3) is 0.429. The van der Waals surface area contributed by atoms with Crippen molar-refractivity contribution in [2.75, 3.05) is 18.4 Å². The Hall–Kier alpha value is -2.87. The molecule has 29 heavy (non-hydrogen) atoms. The summed E-state index contributed by atoms with van der Waals surface area (Å²) < 4.78 is 13.0. The van der Waals surface area contributed by atoms with Crippen LogP contribution in [-0.2, 0) is 4.79 Å². The Morgan fingerprint density at radius 2 is 1.97 bits per heavy atom. The number of anilines is 1. The van der Waals surface area contributed by atoms with Crippen LogP contribution in [0.5, 0.6) is 0 Å². The number of aromatic nitrogens is 2. The standard InChI is InChI=1S/C21H24FN5O2/c1-13-23-11-17(21(29)26-16-8-9-16)20(24-13)18-3-2-10-27(18)12-19(28)25-15-6-4-14(22)5-7-15/h4-7,11,16,18H,2-3,8-10,12H2,1H3,(H,25,28)(H,26,29)/t18-/m1/s1. The molecule has 2 aliphatic rings. The Morgan fingerprint density at radius 3 is 2.69 bits per heavy atom. The molecule has 4 rings (SSSR count). The molecule has 1 atom stereocenters. The van der Waals surface area contributed by atoms with Crippen LogP contribution in [0.15, 0.2) is 30.5 Å². The van der Waals surface area contributed by atoms with Crippen molar-refractivity contribution < 1.29 is 14.0 Å². The van der Waals surface area contributed by atoms with Gasteiger partial charge in [-0.2, -0.15) is 0 Å². The van der Waals surface area contributed by atoms with E-state index in [0.29, 0.717) is 22.8 Å². The second kappa shape index (κ2) is 8.24. The summed E-state index contributed by atoms with van der Waals surface area (Å²) >= 11 is 0. The number of amides is 2. The van der Waals surface area contributed by atoms with Gasteiger partial charge in [-0.15, -0.1) is 0 Å². The van der Waals surface area contributed by atoms with Gasteiger partial charge < -0.3 is 10.6 Å². The fourth-order valence-corrected chi connectivity index (χ4v) is 3.65. The van der Waals surface area contributed by atoms with E-state index in [4.69, 9.17) is 0 Å². The average Bonchev–Trinajstić information content (AvgIpc) is 3.39. The van der Waals surface area contributed by atoms with Crippen LogP contribution >= 0.6 is 0 Å². The van der Waals surface area contributed by atoms with Crippen LogP contribution < -0.4 is 10.6 Å². The smallest absolute Gasteiger partial charge is 0.254 e. The third-order valence-electron chi connectivity index (χ3n) is 5.25. The Balaban J connectivity index is 1.49. The molecule has 8 heteroatoms. The van der Waals surface area contributed by atoms with Crippen molar-refractivity contribution in [2.24, 2.45) is 0 Å². The van der Waals surface area contributed by atoms with Crippen molar-refractivity contribution in [3.63, 3.8) is 0 Å². The Morgan fingerprint density at radius 1 is 1.21 bits per heavy atom. The van der Waals surface area contributed by atoms with E-state index >= 15 is 0 Å². The predicted molar refractivity (Wildman–Crippen MR) is 106 cm³/mol. The van der Waals surface area contributed by atoms with Crippen LogP contribution in [-0.4, -0.2) is 45.8 Å². The van der Waals surface area contributed by atoms with Gasteiger partial charge in [0.05, 0.1) is 23.8 Å².